The van der Waals surface area contributed by atoms with Crippen molar-refractivity contribution < 1.29 is 15.0 Å². The summed E-state index contributed by atoms with van der Waals surface area (Å²) in [6.07, 6.45) is 0.387. The molecule has 0 aliphatic carbocycles. The smallest absolute Gasteiger partial charge is 0.221 e. The Bertz CT molecular complexity index is 405. The zero-order valence-corrected chi connectivity index (χ0v) is 10.7. The molecule has 0 aromatic heterocycles. The highest BCUT2D eigenvalue weighted by molar-refractivity contribution is 5.76. The maximum Gasteiger partial charge on any atom is 0.221 e. The van der Waals surface area contributed by atoms with E-state index in [9.17, 15) is 15.0 Å². The van der Waals surface area contributed by atoms with Crippen molar-refractivity contribution >= 4 is 5.91 Å². The van der Waals surface area contributed by atoms with Crippen molar-refractivity contribution in [2.45, 2.75) is 32.9 Å². The second-order valence-corrected chi connectivity index (χ2v) is 4.43. The number of hydrogen-bond acceptors (Lipinski definition) is 4. The first-order valence-electron chi connectivity index (χ1n) is 6.00. The SMILES string of the molecule is CC(C)NC(=O)CCNCc1cccc(O)c1O. The van der Waals surface area contributed by atoms with Crippen LogP contribution in [0.15, 0.2) is 18.2 Å². The molecule has 1 rings (SSSR count). The first kappa shape index (κ1) is 14.3. The Labute approximate surface area is 107 Å². The van der Waals surface area contributed by atoms with E-state index in [1.54, 1.807) is 12.1 Å². The van der Waals surface area contributed by atoms with Crippen LogP contribution >= 0.6 is 0 Å². The summed E-state index contributed by atoms with van der Waals surface area (Å²) in [4.78, 5) is 11.3. The summed E-state index contributed by atoms with van der Waals surface area (Å²) < 4.78 is 0. The van der Waals surface area contributed by atoms with Crippen molar-refractivity contribution in [1.82, 2.24) is 10.6 Å². The van der Waals surface area contributed by atoms with Gasteiger partial charge in [0.15, 0.2) is 11.5 Å². The molecule has 1 amide bonds. The topological polar surface area (TPSA) is 81.6 Å². The van der Waals surface area contributed by atoms with Gasteiger partial charge in [-0.05, 0) is 19.9 Å². The summed E-state index contributed by atoms with van der Waals surface area (Å²) in [6.45, 7) is 4.76. The third-order valence-corrected chi connectivity index (χ3v) is 2.39. The Kier molecular flexibility index (Phi) is 5.45. The monoisotopic (exact) mass is 252 g/mol. The fourth-order valence-electron chi connectivity index (χ4n) is 1.54. The third-order valence-electron chi connectivity index (χ3n) is 2.39. The molecule has 0 radical (unpaired) electrons. The van der Waals surface area contributed by atoms with Crippen LogP contribution in [0.25, 0.3) is 0 Å². The maximum atomic E-state index is 11.3. The number of phenols is 2. The predicted molar refractivity (Wildman–Crippen MR) is 69.4 cm³/mol. The van der Waals surface area contributed by atoms with Gasteiger partial charge < -0.3 is 20.8 Å². The number of nitrogens with one attached hydrogen (secondary N) is 2. The first-order valence-corrected chi connectivity index (χ1v) is 6.00. The van der Waals surface area contributed by atoms with E-state index in [1.807, 2.05) is 13.8 Å². The molecule has 1 aromatic rings. The number of carbonyl (C=O) groups excluding carboxylic acids is 1. The highest BCUT2D eigenvalue weighted by atomic mass is 16.3. The Balaban J connectivity index is 2.30. The second-order valence-electron chi connectivity index (χ2n) is 4.43. The van der Waals surface area contributed by atoms with Crippen LogP contribution in [-0.4, -0.2) is 28.7 Å². The number of carbonyl (C=O) groups is 1. The number of phenolic OH excluding ortho intramolecular Hbond substituents is 2. The standard InChI is InChI=1S/C13H20N2O3/c1-9(2)15-12(17)6-7-14-8-10-4-3-5-11(16)13(10)18/h3-5,9,14,16,18H,6-8H2,1-2H3,(H,15,17). The van der Waals surface area contributed by atoms with Crippen molar-refractivity contribution in [1.29, 1.82) is 0 Å². The van der Waals surface area contributed by atoms with E-state index in [0.29, 0.717) is 25.1 Å². The lowest BCUT2D eigenvalue weighted by atomic mass is 10.2. The summed E-state index contributed by atoms with van der Waals surface area (Å²) in [7, 11) is 0. The lowest BCUT2D eigenvalue weighted by Crippen LogP contribution is -2.32. The summed E-state index contributed by atoms with van der Waals surface area (Å²) in [5.41, 5.74) is 0.610. The average molecular weight is 252 g/mol. The summed E-state index contributed by atoms with van der Waals surface area (Å²) in [5.74, 6) is -0.249. The Morgan fingerprint density at radius 3 is 2.72 bits per heavy atom. The minimum absolute atomic E-state index is 0.00219. The first-order chi connectivity index (χ1) is 8.50. The van der Waals surface area contributed by atoms with Crippen LogP contribution in [-0.2, 0) is 11.3 Å². The molecule has 0 atom stereocenters. The Morgan fingerprint density at radius 1 is 1.33 bits per heavy atom. The number of aromatic hydroxyl groups is 2. The van der Waals surface area contributed by atoms with Crippen LogP contribution in [0.2, 0.25) is 0 Å². The van der Waals surface area contributed by atoms with Gasteiger partial charge in [0, 0.05) is 31.1 Å². The zero-order chi connectivity index (χ0) is 13.5. The molecule has 0 heterocycles. The predicted octanol–water partition coefficient (Wildman–Crippen LogP) is 1.10. The molecule has 5 heteroatoms. The van der Waals surface area contributed by atoms with Crippen molar-refractivity contribution in [3.8, 4) is 11.5 Å². The van der Waals surface area contributed by atoms with Crippen LogP contribution in [0.1, 0.15) is 25.8 Å². The number of amides is 1. The lowest BCUT2D eigenvalue weighted by molar-refractivity contribution is -0.121. The van der Waals surface area contributed by atoms with E-state index >= 15 is 0 Å². The van der Waals surface area contributed by atoms with Crippen LogP contribution in [0.4, 0.5) is 0 Å². The highest BCUT2D eigenvalue weighted by Gasteiger charge is 2.06. The number of rotatable bonds is 6. The van der Waals surface area contributed by atoms with Gasteiger partial charge in [0.25, 0.3) is 0 Å². The molecule has 0 saturated heterocycles. The molecule has 0 bridgehead atoms. The van der Waals surface area contributed by atoms with Gasteiger partial charge in [0.2, 0.25) is 5.91 Å². The molecule has 0 aliphatic heterocycles. The molecule has 4 N–H and O–H groups in total. The van der Waals surface area contributed by atoms with Crippen molar-refractivity contribution in [2.75, 3.05) is 6.54 Å². The maximum absolute atomic E-state index is 11.3. The van der Waals surface area contributed by atoms with Gasteiger partial charge in [-0.3, -0.25) is 4.79 Å². The molecule has 0 unspecified atom stereocenters. The van der Waals surface area contributed by atoms with E-state index in [-0.39, 0.29) is 23.4 Å². The largest absolute Gasteiger partial charge is 0.504 e. The van der Waals surface area contributed by atoms with Crippen LogP contribution in [0.3, 0.4) is 0 Å². The van der Waals surface area contributed by atoms with Gasteiger partial charge in [-0.1, -0.05) is 12.1 Å². The van der Waals surface area contributed by atoms with E-state index in [1.165, 1.54) is 6.07 Å². The van der Waals surface area contributed by atoms with E-state index in [0.717, 1.165) is 0 Å². The van der Waals surface area contributed by atoms with E-state index in [4.69, 9.17) is 0 Å². The summed E-state index contributed by atoms with van der Waals surface area (Å²) in [5, 5.41) is 24.7. The fraction of sp³-hybridized carbons (Fsp3) is 0.462. The van der Waals surface area contributed by atoms with Gasteiger partial charge in [-0.15, -0.1) is 0 Å². The molecule has 0 spiro atoms. The summed E-state index contributed by atoms with van der Waals surface area (Å²) >= 11 is 0. The zero-order valence-electron chi connectivity index (χ0n) is 10.7. The molecule has 0 fully saturated rings. The van der Waals surface area contributed by atoms with E-state index < -0.39 is 0 Å². The quantitative estimate of drug-likeness (QED) is 0.451. The Morgan fingerprint density at radius 2 is 2.06 bits per heavy atom. The second kappa shape index (κ2) is 6.86. The molecule has 1 aromatic carbocycles. The summed E-state index contributed by atoms with van der Waals surface area (Å²) in [6, 6.07) is 4.95. The number of para-hydroxylation sites is 1. The van der Waals surface area contributed by atoms with E-state index in [2.05, 4.69) is 10.6 Å². The molecule has 100 valence electrons. The van der Waals surface area contributed by atoms with Crippen LogP contribution in [0, 0.1) is 0 Å². The van der Waals surface area contributed by atoms with Crippen LogP contribution in [0.5, 0.6) is 11.5 Å². The minimum Gasteiger partial charge on any atom is -0.504 e. The normalized spacial score (nSPS) is 10.6. The van der Waals surface area contributed by atoms with Crippen molar-refractivity contribution in [3.63, 3.8) is 0 Å². The van der Waals surface area contributed by atoms with Crippen molar-refractivity contribution in [2.24, 2.45) is 0 Å². The molecule has 0 saturated carbocycles. The number of hydrogen-bond donors (Lipinski definition) is 4. The van der Waals surface area contributed by atoms with Gasteiger partial charge in [-0.2, -0.15) is 0 Å². The molecular weight excluding hydrogens is 232 g/mol. The van der Waals surface area contributed by atoms with Gasteiger partial charge in [-0.25, -0.2) is 0 Å². The van der Waals surface area contributed by atoms with Gasteiger partial charge in [0.1, 0.15) is 0 Å². The Hall–Kier alpha value is -1.75. The average Bonchev–Trinajstić information content (AvgIpc) is 2.29. The minimum atomic E-state index is -0.133. The van der Waals surface area contributed by atoms with Crippen molar-refractivity contribution in [3.05, 3.63) is 23.8 Å². The molecular formula is C13H20N2O3. The molecule has 0 aliphatic rings. The van der Waals surface area contributed by atoms with Gasteiger partial charge in [0.05, 0.1) is 0 Å². The molecule has 5 nitrogen and oxygen atoms in total. The van der Waals surface area contributed by atoms with Gasteiger partial charge >= 0.3 is 0 Å². The number of benzene rings is 1. The van der Waals surface area contributed by atoms with Crippen LogP contribution < -0.4 is 10.6 Å². The molecule has 18 heavy (non-hydrogen) atoms. The fourth-order valence-corrected chi connectivity index (χ4v) is 1.54. The highest BCUT2D eigenvalue weighted by Crippen LogP contribution is 2.27. The lowest BCUT2D eigenvalue weighted by Gasteiger charge is -2.09. The third kappa shape index (κ3) is 4.63.